The van der Waals surface area contributed by atoms with Crippen LogP contribution >= 0.6 is 0 Å². The van der Waals surface area contributed by atoms with Gasteiger partial charge in [-0.3, -0.25) is 0 Å². The summed E-state index contributed by atoms with van der Waals surface area (Å²) in [5.41, 5.74) is 0. The fourth-order valence-electron chi connectivity index (χ4n) is 2.04. The second kappa shape index (κ2) is 8.27. The third-order valence-corrected chi connectivity index (χ3v) is 7.01. The van der Waals surface area contributed by atoms with Gasteiger partial charge in [0, 0.05) is 13.2 Å². The minimum atomic E-state index is -1.98. The van der Waals surface area contributed by atoms with E-state index in [9.17, 15) is 0 Å². The van der Waals surface area contributed by atoms with E-state index in [1.54, 1.807) is 0 Å². The highest BCUT2D eigenvalue weighted by Gasteiger charge is 2.35. The number of hydrogen-bond donors (Lipinski definition) is 0. The Kier molecular flexibility index (Phi) is 7.40. The van der Waals surface area contributed by atoms with Gasteiger partial charge in [0.05, 0.1) is 19.3 Å². The van der Waals surface area contributed by atoms with Crippen LogP contribution in [0.1, 0.15) is 34.1 Å². The second-order valence-electron chi connectivity index (χ2n) is 4.77. The van der Waals surface area contributed by atoms with Gasteiger partial charge in [-0.1, -0.05) is 6.92 Å². The van der Waals surface area contributed by atoms with Crippen LogP contribution in [0.5, 0.6) is 0 Å². The molecule has 0 aromatic rings. The van der Waals surface area contributed by atoms with Crippen molar-refractivity contribution in [2.45, 2.75) is 58.4 Å². The maximum atomic E-state index is 5.94. The third kappa shape index (κ3) is 5.80. The minimum absolute atomic E-state index is 0.258. The predicted octanol–water partition coefficient (Wildman–Crippen LogP) is 2.72. The van der Waals surface area contributed by atoms with Crippen LogP contribution in [0, 0.1) is 0 Å². The Morgan fingerprint density at radius 2 is 1.83 bits per heavy atom. The van der Waals surface area contributed by atoms with Crippen LogP contribution in [0.3, 0.4) is 0 Å². The summed E-state index contributed by atoms with van der Waals surface area (Å²) in [5, 5.41) is 0. The van der Waals surface area contributed by atoms with Gasteiger partial charge < -0.3 is 18.3 Å². The van der Waals surface area contributed by atoms with Gasteiger partial charge in [-0.15, -0.1) is 0 Å². The van der Waals surface area contributed by atoms with E-state index in [0.717, 1.165) is 44.9 Å². The third-order valence-electron chi connectivity index (χ3n) is 3.25. The predicted molar refractivity (Wildman–Crippen MR) is 74.1 cm³/mol. The van der Waals surface area contributed by atoms with Crippen molar-refractivity contribution < 1.29 is 18.3 Å². The summed E-state index contributed by atoms with van der Waals surface area (Å²) in [6.45, 7) is 11.4. The molecule has 0 bridgehead atoms. The highest BCUT2D eigenvalue weighted by molar-refractivity contribution is 6.67. The van der Waals surface area contributed by atoms with E-state index in [2.05, 4.69) is 13.8 Å². The highest BCUT2D eigenvalue weighted by atomic mass is 28.4. The monoisotopic (exact) mass is 276 g/mol. The molecule has 4 nitrogen and oxygen atoms in total. The molecule has 2 atom stereocenters. The topological polar surface area (TPSA) is 40.2 Å². The van der Waals surface area contributed by atoms with Crippen LogP contribution in [-0.4, -0.2) is 47.2 Å². The van der Waals surface area contributed by atoms with Crippen molar-refractivity contribution in [2.24, 2.45) is 0 Å². The number of hydrogen-bond acceptors (Lipinski definition) is 4. The first-order chi connectivity index (χ1) is 8.65. The first-order valence-corrected chi connectivity index (χ1v) is 9.40. The fraction of sp³-hybridized carbons (Fsp3) is 1.00. The molecular formula is C13H28O4Si. The van der Waals surface area contributed by atoms with Crippen LogP contribution in [0.2, 0.25) is 12.1 Å². The van der Waals surface area contributed by atoms with Crippen LogP contribution in [-0.2, 0) is 18.3 Å². The molecule has 1 heterocycles. The van der Waals surface area contributed by atoms with Crippen molar-refractivity contribution in [1.82, 2.24) is 0 Å². The van der Waals surface area contributed by atoms with E-state index in [1.165, 1.54) is 0 Å². The summed E-state index contributed by atoms with van der Waals surface area (Å²) in [6.07, 6.45) is 1.61. The number of epoxide rings is 1. The average Bonchev–Trinajstić information content (AvgIpc) is 3.18. The highest BCUT2D eigenvalue weighted by Crippen LogP contribution is 2.23. The maximum Gasteiger partial charge on any atom is 0.337 e. The first kappa shape index (κ1) is 16.1. The molecule has 5 heteroatoms. The SMILES string of the molecule is CCO[Si](CC)(CCC(C)OCC1CO1)OCC. The summed E-state index contributed by atoms with van der Waals surface area (Å²) in [4.78, 5) is 0. The van der Waals surface area contributed by atoms with Gasteiger partial charge >= 0.3 is 8.56 Å². The lowest BCUT2D eigenvalue weighted by Crippen LogP contribution is -2.42. The van der Waals surface area contributed by atoms with Gasteiger partial charge in [0.15, 0.2) is 0 Å². The maximum absolute atomic E-state index is 5.94. The van der Waals surface area contributed by atoms with Crippen LogP contribution in [0.15, 0.2) is 0 Å². The van der Waals surface area contributed by atoms with E-state index in [4.69, 9.17) is 18.3 Å². The second-order valence-corrected chi connectivity index (χ2v) is 8.37. The average molecular weight is 276 g/mol. The van der Waals surface area contributed by atoms with Crippen molar-refractivity contribution in [3.63, 3.8) is 0 Å². The minimum Gasteiger partial charge on any atom is -0.394 e. The Bertz CT molecular complexity index is 215. The summed E-state index contributed by atoms with van der Waals surface area (Å²) < 4.78 is 22.8. The van der Waals surface area contributed by atoms with Crippen LogP contribution < -0.4 is 0 Å². The van der Waals surface area contributed by atoms with Crippen molar-refractivity contribution in [3.8, 4) is 0 Å². The molecule has 18 heavy (non-hydrogen) atoms. The molecule has 0 aromatic heterocycles. The normalized spacial score (nSPS) is 21.0. The molecule has 1 aliphatic rings. The zero-order valence-electron chi connectivity index (χ0n) is 12.2. The van der Waals surface area contributed by atoms with E-state index in [1.807, 2.05) is 13.8 Å². The van der Waals surface area contributed by atoms with Gasteiger partial charge in [-0.2, -0.15) is 0 Å². The van der Waals surface area contributed by atoms with Gasteiger partial charge in [0.25, 0.3) is 0 Å². The zero-order chi connectivity index (χ0) is 13.4. The lowest BCUT2D eigenvalue weighted by molar-refractivity contribution is 0.0496. The molecule has 2 unspecified atom stereocenters. The van der Waals surface area contributed by atoms with Crippen molar-refractivity contribution in [1.29, 1.82) is 0 Å². The molecule has 0 saturated carbocycles. The Morgan fingerprint density at radius 1 is 1.22 bits per heavy atom. The summed E-state index contributed by atoms with van der Waals surface area (Å²) in [6, 6.07) is 2.02. The van der Waals surface area contributed by atoms with Gasteiger partial charge in [0.2, 0.25) is 0 Å². The first-order valence-electron chi connectivity index (χ1n) is 7.16. The van der Waals surface area contributed by atoms with Crippen molar-refractivity contribution in [3.05, 3.63) is 0 Å². The Hall–Kier alpha value is 0.0569. The van der Waals surface area contributed by atoms with Crippen LogP contribution in [0.4, 0.5) is 0 Å². The number of ether oxygens (including phenoxy) is 2. The van der Waals surface area contributed by atoms with E-state index in [0.29, 0.717) is 6.10 Å². The fourth-order valence-corrected chi connectivity index (χ4v) is 5.07. The summed E-state index contributed by atoms with van der Waals surface area (Å²) in [7, 11) is -1.98. The summed E-state index contributed by atoms with van der Waals surface area (Å²) >= 11 is 0. The van der Waals surface area contributed by atoms with E-state index >= 15 is 0 Å². The van der Waals surface area contributed by atoms with E-state index in [-0.39, 0.29) is 6.10 Å². The van der Waals surface area contributed by atoms with Gasteiger partial charge in [-0.05, 0) is 39.3 Å². The smallest absolute Gasteiger partial charge is 0.337 e. The largest absolute Gasteiger partial charge is 0.394 e. The molecule has 0 radical (unpaired) electrons. The summed E-state index contributed by atoms with van der Waals surface area (Å²) in [5.74, 6) is 0. The molecule has 1 saturated heterocycles. The molecule has 0 spiro atoms. The Balaban J connectivity index is 2.28. The molecule has 1 fully saturated rings. The quantitative estimate of drug-likeness (QED) is 0.430. The lowest BCUT2D eigenvalue weighted by atomic mass is 10.3. The van der Waals surface area contributed by atoms with E-state index < -0.39 is 8.56 Å². The van der Waals surface area contributed by atoms with Crippen LogP contribution in [0.25, 0.3) is 0 Å². The van der Waals surface area contributed by atoms with Gasteiger partial charge in [-0.25, -0.2) is 0 Å². The molecule has 0 amide bonds. The molecule has 0 N–H and O–H groups in total. The zero-order valence-corrected chi connectivity index (χ0v) is 13.2. The number of rotatable bonds is 11. The molecule has 1 rings (SSSR count). The molecule has 108 valence electrons. The lowest BCUT2D eigenvalue weighted by Gasteiger charge is -2.29. The molecule has 0 aromatic carbocycles. The molecule has 0 aliphatic carbocycles. The van der Waals surface area contributed by atoms with Gasteiger partial charge in [0.1, 0.15) is 6.10 Å². The Morgan fingerprint density at radius 3 is 2.28 bits per heavy atom. The molecular weight excluding hydrogens is 248 g/mol. The molecule has 1 aliphatic heterocycles. The Labute approximate surface area is 112 Å². The van der Waals surface area contributed by atoms with Crippen molar-refractivity contribution in [2.75, 3.05) is 26.4 Å². The standard InChI is InChI=1S/C13H28O4Si/c1-5-16-18(7-3,17-6-2)9-8-12(4)14-10-13-11-15-13/h12-13H,5-11H2,1-4H3. The van der Waals surface area contributed by atoms with Crippen molar-refractivity contribution >= 4 is 8.56 Å².